The van der Waals surface area contributed by atoms with Crippen LogP contribution in [0.4, 0.5) is 0 Å². The molecule has 2 N–H and O–H groups in total. The molecule has 162 valence electrons. The molecular weight excluding hydrogens is 380 g/mol. The average molecular weight is 413 g/mol. The summed E-state index contributed by atoms with van der Waals surface area (Å²) in [5, 5.41) is 15.5. The van der Waals surface area contributed by atoms with Crippen LogP contribution in [0.1, 0.15) is 50.7 Å². The molecule has 0 aliphatic rings. The Morgan fingerprint density at radius 1 is 0.600 bits per heavy atom. The summed E-state index contributed by atoms with van der Waals surface area (Å²) in [7, 11) is 0. The third-order valence-corrected chi connectivity index (χ3v) is 4.39. The molecule has 0 unspecified atom stereocenters. The summed E-state index contributed by atoms with van der Waals surface area (Å²) in [6, 6.07) is 14.9. The first kappa shape index (κ1) is 23.3. The number of rotatable bonds is 13. The van der Waals surface area contributed by atoms with Gasteiger partial charge in [-0.2, -0.15) is 0 Å². The molecule has 0 aliphatic carbocycles. The molecule has 0 heterocycles. The lowest BCUT2D eigenvalue weighted by atomic mass is 10.2. The first-order valence-corrected chi connectivity index (χ1v) is 10.5. The quantitative estimate of drug-likeness (QED) is 0.261. The smallest absolute Gasteiger partial charge is 0.213 e. The number of unbranched alkanes of at least 4 members (excludes halogenated alkanes) is 3. The second-order valence-corrected chi connectivity index (χ2v) is 6.68. The molecule has 0 amide bonds. The molecule has 0 saturated heterocycles. The highest BCUT2D eigenvalue weighted by Crippen LogP contribution is 2.15. The van der Waals surface area contributed by atoms with Crippen molar-refractivity contribution in [1.82, 2.24) is 0 Å². The fraction of sp³-hybridized carbons (Fsp3) is 0.417. The van der Waals surface area contributed by atoms with E-state index in [1.807, 2.05) is 62.4 Å². The van der Waals surface area contributed by atoms with E-state index in [4.69, 9.17) is 29.8 Å². The first-order valence-electron chi connectivity index (χ1n) is 10.5. The van der Waals surface area contributed by atoms with Gasteiger partial charge in [-0.3, -0.25) is 10.8 Å². The molecule has 30 heavy (non-hydrogen) atoms. The Labute approximate surface area is 179 Å². The summed E-state index contributed by atoms with van der Waals surface area (Å²) in [5.41, 5.74) is 1.51. The lowest BCUT2D eigenvalue weighted by Crippen LogP contribution is -2.05. The lowest BCUT2D eigenvalue weighted by Gasteiger charge is -2.09. The monoisotopic (exact) mass is 412 g/mol. The van der Waals surface area contributed by atoms with Gasteiger partial charge < -0.3 is 18.9 Å². The highest BCUT2D eigenvalue weighted by molar-refractivity contribution is 5.92. The van der Waals surface area contributed by atoms with E-state index < -0.39 is 0 Å². The van der Waals surface area contributed by atoms with Gasteiger partial charge in [0, 0.05) is 11.1 Å². The molecule has 2 aromatic carbocycles. The normalized spacial score (nSPS) is 10.3. The van der Waals surface area contributed by atoms with Gasteiger partial charge >= 0.3 is 0 Å². The number of benzene rings is 2. The van der Waals surface area contributed by atoms with Crippen molar-refractivity contribution in [3.8, 4) is 11.5 Å². The summed E-state index contributed by atoms with van der Waals surface area (Å²) in [5.74, 6) is 2.00. The van der Waals surface area contributed by atoms with Gasteiger partial charge in [0.2, 0.25) is 11.8 Å². The van der Waals surface area contributed by atoms with Crippen LogP contribution in [0.3, 0.4) is 0 Å². The third-order valence-electron chi connectivity index (χ3n) is 4.39. The van der Waals surface area contributed by atoms with Crippen LogP contribution in [0.2, 0.25) is 0 Å². The Bertz CT molecular complexity index is 705. The van der Waals surface area contributed by atoms with Crippen LogP contribution >= 0.6 is 0 Å². The second-order valence-electron chi connectivity index (χ2n) is 6.68. The Kier molecular flexibility index (Phi) is 10.3. The Balaban J connectivity index is 1.54. The molecule has 0 saturated carbocycles. The maximum atomic E-state index is 7.76. The fourth-order valence-electron chi connectivity index (χ4n) is 2.80. The first-order chi connectivity index (χ1) is 14.6. The Morgan fingerprint density at radius 2 is 0.967 bits per heavy atom. The number of nitrogens with one attached hydrogen (secondary N) is 2. The van der Waals surface area contributed by atoms with E-state index in [0.29, 0.717) is 26.4 Å². The van der Waals surface area contributed by atoms with Crippen molar-refractivity contribution in [1.29, 1.82) is 10.8 Å². The van der Waals surface area contributed by atoms with Gasteiger partial charge in [0.05, 0.1) is 26.4 Å². The molecule has 0 spiro atoms. The summed E-state index contributed by atoms with van der Waals surface area (Å²) in [6.45, 7) is 6.08. The Hall–Kier alpha value is -3.02. The molecule has 0 radical (unpaired) electrons. The van der Waals surface area contributed by atoms with E-state index in [1.54, 1.807) is 0 Å². The van der Waals surface area contributed by atoms with E-state index in [0.717, 1.165) is 48.3 Å². The van der Waals surface area contributed by atoms with E-state index in [-0.39, 0.29) is 11.8 Å². The predicted molar refractivity (Wildman–Crippen MR) is 119 cm³/mol. The van der Waals surface area contributed by atoms with Gasteiger partial charge in [-0.25, -0.2) is 0 Å². The van der Waals surface area contributed by atoms with E-state index >= 15 is 0 Å². The van der Waals surface area contributed by atoms with Gasteiger partial charge in [0.1, 0.15) is 11.5 Å². The predicted octanol–water partition coefficient (Wildman–Crippen LogP) is 5.43. The number of ether oxygens (including phenoxy) is 4. The molecule has 0 fully saturated rings. The van der Waals surface area contributed by atoms with Crippen molar-refractivity contribution in [3.05, 3.63) is 59.7 Å². The minimum absolute atomic E-state index is 0.187. The van der Waals surface area contributed by atoms with Crippen LogP contribution in [0.25, 0.3) is 0 Å². The zero-order valence-electron chi connectivity index (χ0n) is 17.9. The molecule has 2 rings (SSSR count). The van der Waals surface area contributed by atoms with E-state index in [2.05, 4.69) is 0 Å². The Morgan fingerprint density at radius 3 is 1.30 bits per heavy atom. The van der Waals surface area contributed by atoms with Crippen LogP contribution in [0, 0.1) is 10.8 Å². The standard InChI is InChI=1S/C24H32N2O4/c1-3-27-23(25)19-9-13-21(14-10-19)29-17-7-5-6-8-18-30-22-15-11-20(12-16-22)24(26)28-4-2/h9-16,25-26H,3-8,17-18H2,1-2H3. The molecule has 6 nitrogen and oxygen atoms in total. The van der Waals surface area contributed by atoms with Crippen LogP contribution in [0.15, 0.2) is 48.5 Å². The summed E-state index contributed by atoms with van der Waals surface area (Å²) < 4.78 is 21.9. The highest BCUT2D eigenvalue weighted by atomic mass is 16.5. The molecule has 0 aliphatic heterocycles. The van der Waals surface area contributed by atoms with Crippen molar-refractivity contribution >= 4 is 11.8 Å². The van der Waals surface area contributed by atoms with Crippen LogP contribution < -0.4 is 9.47 Å². The summed E-state index contributed by atoms with van der Waals surface area (Å²) >= 11 is 0. The topological polar surface area (TPSA) is 84.6 Å². The maximum absolute atomic E-state index is 7.76. The minimum atomic E-state index is 0.187. The summed E-state index contributed by atoms with van der Waals surface area (Å²) in [6.07, 6.45) is 4.15. The van der Waals surface area contributed by atoms with Gasteiger partial charge in [-0.1, -0.05) is 0 Å². The number of hydrogen-bond acceptors (Lipinski definition) is 6. The molecule has 6 heteroatoms. The van der Waals surface area contributed by atoms with Crippen molar-refractivity contribution in [2.45, 2.75) is 39.5 Å². The second kappa shape index (κ2) is 13.2. The van der Waals surface area contributed by atoms with E-state index in [1.165, 1.54) is 0 Å². The molecular formula is C24H32N2O4. The largest absolute Gasteiger partial charge is 0.494 e. The molecule has 0 atom stereocenters. The van der Waals surface area contributed by atoms with Crippen LogP contribution in [-0.2, 0) is 9.47 Å². The zero-order valence-corrected chi connectivity index (χ0v) is 17.9. The van der Waals surface area contributed by atoms with Gasteiger partial charge in [0.25, 0.3) is 0 Å². The zero-order chi connectivity index (χ0) is 21.6. The molecule has 2 aromatic rings. The van der Waals surface area contributed by atoms with Crippen molar-refractivity contribution in [2.24, 2.45) is 0 Å². The fourth-order valence-corrected chi connectivity index (χ4v) is 2.80. The van der Waals surface area contributed by atoms with Gasteiger partial charge in [0.15, 0.2) is 0 Å². The SMILES string of the molecule is CCOC(=N)c1ccc(OCCCCCCOc2ccc(C(=N)OCC)cc2)cc1. The van der Waals surface area contributed by atoms with Crippen molar-refractivity contribution in [3.63, 3.8) is 0 Å². The molecule has 0 bridgehead atoms. The van der Waals surface area contributed by atoms with Crippen molar-refractivity contribution in [2.75, 3.05) is 26.4 Å². The lowest BCUT2D eigenvalue weighted by molar-refractivity contribution is 0.287. The highest BCUT2D eigenvalue weighted by Gasteiger charge is 2.03. The van der Waals surface area contributed by atoms with Gasteiger partial charge in [-0.15, -0.1) is 0 Å². The third kappa shape index (κ3) is 8.15. The maximum Gasteiger partial charge on any atom is 0.213 e. The molecule has 0 aromatic heterocycles. The average Bonchev–Trinajstić information content (AvgIpc) is 2.76. The van der Waals surface area contributed by atoms with E-state index in [9.17, 15) is 0 Å². The van der Waals surface area contributed by atoms with Crippen LogP contribution in [0.5, 0.6) is 11.5 Å². The number of hydrogen-bond donors (Lipinski definition) is 2. The summed E-state index contributed by atoms with van der Waals surface area (Å²) in [4.78, 5) is 0. The van der Waals surface area contributed by atoms with Gasteiger partial charge in [-0.05, 0) is 88.1 Å². The van der Waals surface area contributed by atoms with Crippen molar-refractivity contribution < 1.29 is 18.9 Å². The minimum Gasteiger partial charge on any atom is -0.494 e. The van der Waals surface area contributed by atoms with Crippen LogP contribution in [-0.4, -0.2) is 38.2 Å².